The first-order chi connectivity index (χ1) is 10.2. The number of nitrogens with one attached hydrogen (secondary N) is 2. The van der Waals surface area contributed by atoms with E-state index in [0.29, 0.717) is 30.4 Å². The lowest BCUT2D eigenvalue weighted by Crippen LogP contribution is -2.34. The molecule has 0 atom stereocenters. The molecule has 0 aromatic heterocycles. The van der Waals surface area contributed by atoms with Gasteiger partial charge in [0.05, 0.1) is 18.7 Å². The smallest absolute Gasteiger partial charge is 0.338 e. The van der Waals surface area contributed by atoms with Crippen LogP contribution in [0.2, 0.25) is 0 Å². The second kappa shape index (κ2) is 7.78. The fourth-order valence-corrected chi connectivity index (χ4v) is 2.48. The molecule has 0 bridgehead atoms. The number of anilines is 1. The molecule has 1 aromatic rings. The molecule has 1 amide bonds. The zero-order valence-electron chi connectivity index (χ0n) is 12.4. The van der Waals surface area contributed by atoms with Crippen molar-refractivity contribution in [2.45, 2.75) is 38.6 Å². The van der Waals surface area contributed by atoms with E-state index >= 15 is 0 Å². The van der Waals surface area contributed by atoms with Crippen molar-refractivity contribution in [3.8, 4) is 0 Å². The van der Waals surface area contributed by atoms with E-state index in [1.807, 2.05) is 0 Å². The van der Waals surface area contributed by atoms with Gasteiger partial charge in [0, 0.05) is 11.7 Å². The first kappa shape index (κ1) is 15.5. The summed E-state index contributed by atoms with van der Waals surface area (Å²) in [5.41, 5.74) is 1.17. The number of benzene rings is 1. The number of ether oxygens (including phenoxy) is 1. The summed E-state index contributed by atoms with van der Waals surface area (Å²) in [6, 6.07) is 7.19. The largest absolute Gasteiger partial charge is 0.462 e. The molecule has 0 unspecified atom stereocenters. The highest BCUT2D eigenvalue weighted by Gasteiger charge is 2.15. The Morgan fingerprint density at radius 1 is 1.19 bits per heavy atom. The van der Waals surface area contributed by atoms with E-state index in [1.54, 1.807) is 31.2 Å². The summed E-state index contributed by atoms with van der Waals surface area (Å²) < 4.78 is 4.91. The van der Waals surface area contributed by atoms with Gasteiger partial charge in [-0.1, -0.05) is 12.8 Å². The van der Waals surface area contributed by atoms with Crippen LogP contribution in [0.5, 0.6) is 0 Å². The number of amides is 1. The van der Waals surface area contributed by atoms with Gasteiger partial charge < -0.3 is 15.4 Å². The predicted octanol–water partition coefficient (Wildman–Crippen LogP) is 2.33. The minimum absolute atomic E-state index is 0.0641. The van der Waals surface area contributed by atoms with Crippen molar-refractivity contribution < 1.29 is 14.3 Å². The van der Waals surface area contributed by atoms with Gasteiger partial charge in [-0.25, -0.2) is 4.79 Å². The van der Waals surface area contributed by atoms with Gasteiger partial charge in [-0.2, -0.15) is 0 Å². The Hall–Kier alpha value is -1.88. The minimum Gasteiger partial charge on any atom is -0.462 e. The van der Waals surface area contributed by atoms with Crippen molar-refractivity contribution in [3.63, 3.8) is 0 Å². The van der Waals surface area contributed by atoms with Crippen LogP contribution < -0.4 is 10.6 Å². The molecule has 5 heteroatoms. The molecule has 1 fully saturated rings. The molecule has 1 aromatic carbocycles. The molecule has 0 aliphatic heterocycles. The maximum Gasteiger partial charge on any atom is 0.338 e. The summed E-state index contributed by atoms with van der Waals surface area (Å²) in [5, 5.41) is 6.07. The molecular weight excluding hydrogens is 268 g/mol. The van der Waals surface area contributed by atoms with E-state index in [0.717, 1.165) is 12.8 Å². The Morgan fingerprint density at radius 2 is 1.86 bits per heavy atom. The number of rotatable bonds is 6. The van der Waals surface area contributed by atoms with E-state index in [4.69, 9.17) is 4.74 Å². The zero-order valence-corrected chi connectivity index (χ0v) is 12.4. The number of esters is 1. The molecule has 0 spiro atoms. The average molecular weight is 290 g/mol. The first-order valence-electron chi connectivity index (χ1n) is 7.49. The van der Waals surface area contributed by atoms with Crippen LogP contribution in [0.25, 0.3) is 0 Å². The molecule has 1 saturated carbocycles. The van der Waals surface area contributed by atoms with Gasteiger partial charge in [0.15, 0.2) is 0 Å². The molecule has 1 aliphatic rings. The van der Waals surface area contributed by atoms with Crippen LogP contribution in [0, 0.1) is 0 Å². The van der Waals surface area contributed by atoms with E-state index < -0.39 is 0 Å². The van der Waals surface area contributed by atoms with Crippen LogP contribution in [0.3, 0.4) is 0 Å². The lowest BCUT2D eigenvalue weighted by Gasteiger charge is -2.12. The molecule has 1 aliphatic carbocycles. The molecule has 0 heterocycles. The van der Waals surface area contributed by atoms with Gasteiger partial charge in [0.25, 0.3) is 0 Å². The minimum atomic E-state index is -0.349. The second-order valence-corrected chi connectivity index (χ2v) is 5.21. The number of carbonyl (C=O) groups is 2. The van der Waals surface area contributed by atoms with Crippen molar-refractivity contribution in [3.05, 3.63) is 29.8 Å². The Labute approximate surface area is 125 Å². The van der Waals surface area contributed by atoms with Gasteiger partial charge in [-0.3, -0.25) is 4.79 Å². The molecule has 21 heavy (non-hydrogen) atoms. The molecule has 2 rings (SSSR count). The topological polar surface area (TPSA) is 67.4 Å². The Kier molecular flexibility index (Phi) is 5.75. The summed E-state index contributed by atoms with van der Waals surface area (Å²) in [6.45, 7) is 2.44. The second-order valence-electron chi connectivity index (χ2n) is 5.21. The van der Waals surface area contributed by atoms with E-state index in [9.17, 15) is 9.59 Å². The summed E-state index contributed by atoms with van der Waals surface area (Å²) in [7, 11) is 0. The standard InChI is InChI=1S/C16H22N2O3/c1-2-21-16(20)12-7-9-14(10-8-12)18-15(19)11-17-13-5-3-4-6-13/h7-10,13,17H,2-6,11H2,1H3,(H,18,19). The number of carbonyl (C=O) groups excluding carboxylic acids is 2. The van der Waals surface area contributed by atoms with Crippen LogP contribution in [-0.4, -0.2) is 31.1 Å². The highest BCUT2D eigenvalue weighted by molar-refractivity contribution is 5.94. The number of hydrogen-bond acceptors (Lipinski definition) is 4. The Balaban J connectivity index is 1.79. The highest BCUT2D eigenvalue weighted by atomic mass is 16.5. The van der Waals surface area contributed by atoms with Crippen LogP contribution in [0.4, 0.5) is 5.69 Å². The first-order valence-corrected chi connectivity index (χ1v) is 7.49. The van der Waals surface area contributed by atoms with Gasteiger partial charge in [0.2, 0.25) is 5.91 Å². The molecule has 0 radical (unpaired) electrons. The zero-order chi connectivity index (χ0) is 15.1. The molecular formula is C16H22N2O3. The van der Waals surface area contributed by atoms with Gasteiger partial charge in [0.1, 0.15) is 0 Å². The SMILES string of the molecule is CCOC(=O)c1ccc(NC(=O)CNC2CCCC2)cc1. The third kappa shape index (κ3) is 4.86. The normalized spacial score (nSPS) is 14.9. The van der Waals surface area contributed by atoms with Crippen molar-refractivity contribution in [2.24, 2.45) is 0 Å². The summed E-state index contributed by atoms with van der Waals surface area (Å²) in [4.78, 5) is 23.3. The fourth-order valence-electron chi connectivity index (χ4n) is 2.48. The summed E-state index contributed by atoms with van der Waals surface area (Å²) in [5.74, 6) is -0.413. The summed E-state index contributed by atoms with van der Waals surface area (Å²) >= 11 is 0. The maximum absolute atomic E-state index is 11.8. The molecule has 5 nitrogen and oxygen atoms in total. The van der Waals surface area contributed by atoms with Gasteiger partial charge in [-0.05, 0) is 44.0 Å². The van der Waals surface area contributed by atoms with Gasteiger partial charge in [-0.15, -0.1) is 0 Å². The quantitative estimate of drug-likeness (QED) is 0.789. The third-order valence-corrected chi connectivity index (χ3v) is 3.59. The molecule has 2 N–H and O–H groups in total. The van der Waals surface area contributed by atoms with Crippen LogP contribution in [0.15, 0.2) is 24.3 Å². The van der Waals surface area contributed by atoms with E-state index in [2.05, 4.69) is 10.6 Å². The van der Waals surface area contributed by atoms with Crippen LogP contribution >= 0.6 is 0 Å². The van der Waals surface area contributed by atoms with Crippen molar-refractivity contribution in [2.75, 3.05) is 18.5 Å². The lowest BCUT2D eigenvalue weighted by atomic mass is 10.2. The Bertz CT molecular complexity index is 479. The van der Waals surface area contributed by atoms with Crippen molar-refractivity contribution >= 4 is 17.6 Å². The van der Waals surface area contributed by atoms with Crippen molar-refractivity contribution in [1.82, 2.24) is 5.32 Å². The van der Waals surface area contributed by atoms with Gasteiger partial charge >= 0.3 is 5.97 Å². The highest BCUT2D eigenvalue weighted by Crippen LogP contribution is 2.17. The van der Waals surface area contributed by atoms with E-state index in [1.165, 1.54) is 12.8 Å². The summed E-state index contributed by atoms with van der Waals surface area (Å²) in [6.07, 6.45) is 4.80. The maximum atomic E-state index is 11.8. The fraction of sp³-hybridized carbons (Fsp3) is 0.500. The lowest BCUT2D eigenvalue weighted by molar-refractivity contribution is -0.115. The average Bonchev–Trinajstić information content (AvgIpc) is 2.99. The molecule has 0 saturated heterocycles. The third-order valence-electron chi connectivity index (χ3n) is 3.59. The predicted molar refractivity (Wildman–Crippen MR) is 81.3 cm³/mol. The monoisotopic (exact) mass is 290 g/mol. The molecule has 114 valence electrons. The van der Waals surface area contributed by atoms with Crippen LogP contribution in [-0.2, 0) is 9.53 Å². The Morgan fingerprint density at radius 3 is 2.48 bits per heavy atom. The van der Waals surface area contributed by atoms with E-state index in [-0.39, 0.29) is 11.9 Å². The number of hydrogen-bond donors (Lipinski definition) is 2. The van der Waals surface area contributed by atoms with Crippen LogP contribution in [0.1, 0.15) is 43.0 Å². The van der Waals surface area contributed by atoms with Crippen molar-refractivity contribution in [1.29, 1.82) is 0 Å².